The third-order valence-electron chi connectivity index (χ3n) is 2.09. The van der Waals surface area contributed by atoms with Crippen LogP contribution in [0.25, 0.3) is 0 Å². The first-order valence-electron chi connectivity index (χ1n) is 4.97. The molecule has 1 N–H and O–H groups in total. The van der Waals surface area contributed by atoms with Crippen LogP contribution in [0.1, 0.15) is 10.4 Å². The van der Waals surface area contributed by atoms with Crippen molar-refractivity contribution < 1.29 is 37.3 Å². The minimum absolute atomic E-state index is 0.152. The fourth-order valence-electron chi connectivity index (χ4n) is 1.30. The van der Waals surface area contributed by atoms with Crippen LogP contribution in [0.4, 0.5) is 13.2 Å². The Morgan fingerprint density at radius 2 is 1.68 bits per heavy atom. The number of carbonyl (C=O) groups is 1. The summed E-state index contributed by atoms with van der Waals surface area (Å²) in [6.45, 7) is -1.54. The van der Waals surface area contributed by atoms with E-state index in [1.54, 1.807) is 0 Å². The molecule has 0 aliphatic rings. The number of alkyl halides is 3. The molecule has 0 unspecified atom stereocenters. The number of hydrogen-bond donors (Lipinski definition) is 1. The Balaban J connectivity index is 3.17. The Hall–Kier alpha value is -2.12. The highest BCUT2D eigenvalue weighted by molar-refractivity contribution is 5.89. The summed E-state index contributed by atoms with van der Waals surface area (Å²) in [6.07, 6.45) is -4.53. The van der Waals surface area contributed by atoms with Gasteiger partial charge >= 0.3 is 12.1 Å². The van der Waals surface area contributed by atoms with E-state index in [4.69, 9.17) is 14.6 Å². The number of ether oxygens (including phenoxy) is 3. The van der Waals surface area contributed by atoms with E-state index in [9.17, 15) is 18.0 Å². The zero-order chi connectivity index (χ0) is 14.6. The summed E-state index contributed by atoms with van der Waals surface area (Å²) in [5.41, 5.74) is -0.187. The molecule has 0 saturated carbocycles. The molecule has 1 aromatic carbocycles. The summed E-state index contributed by atoms with van der Waals surface area (Å²) in [5.74, 6) is -1.87. The molecule has 0 amide bonds. The van der Waals surface area contributed by atoms with Gasteiger partial charge in [-0.25, -0.2) is 4.79 Å². The van der Waals surface area contributed by atoms with E-state index < -0.39 is 18.8 Å². The predicted molar refractivity (Wildman–Crippen MR) is 58.1 cm³/mol. The Bertz CT molecular complexity index is 445. The van der Waals surface area contributed by atoms with E-state index >= 15 is 0 Å². The maximum Gasteiger partial charge on any atom is 0.422 e. The molecule has 19 heavy (non-hydrogen) atoms. The lowest BCUT2D eigenvalue weighted by Crippen LogP contribution is -2.20. The maximum absolute atomic E-state index is 12.1. The fourth-order valence-corrected chi connectivity index (χ4v) is 1.30. The van der Waals surface area contributed by atoms with Gasteiger partial charge in [0.05, 0.1) is 19.8 Å². The van der Waals surface area contributed by atoms with Crippen molar-refractivity contribution in [2.45, 2.75) is 6.18 Å². The quantitative estimate of drug-likeness (QED) is 0.896. The van der Waals surface area contributed by atoms with Gasteiger partial charge in [-0.3, -0.25) is 0 Å². The molecular formula is C11H11F3O5. The van der Waals surface area contributed by atoms with Gasteiger partial charge in [-0.1, -0.05) is 0 Å². The van der Waals surface area contributed by atoms with E-state index in [1.165, 1.54) is 14.2 Å². The average molecular weight is 280 g/mol. The van der Waals surface area contributed by atoms with E-state index in [2.05, 4.69) is 4.74 Å². The van der Waals surface area contributed by atoms with Gasteiger partial charge in [-0.15, -0.1) is 0 Å². The predicted octanol–water partition coefficient (Wildman–Crippen LogP) is 2.34. The van der Waals surface area contributed by atoms with Crippen molar-refractivity contribution in [3.63, 3.8) is 0 Å². The molecule has 5 nitrogen and oxygen atoms in total. The molecule has 0 spiro atoms. The van der Waals surface area contributed by atoms with Crippen LogP contribution in [0.5, 0.6) is 17.2 Å². The SMILES string of the molecule is COc1cc(C(=O)O)cc(OC)c1OCC(F)(F)F. The highest BCUT2D eigenvalue weighted by Gasteiger charge is 2.30. The number of carboxylic acid groups (broad SMARTS) is 1. The standard InChI is InChI=1S/C11H11F3O5/c1-17-7-3-6(10(15)16)4-8(18-2)9(7)19-5-11(12,13)14/h3-4H,5H2,1-2H3,(H,15,16). The molecule has 1 rings (SSSR count). The molecule has 0 bridgehead atoms. The van der Waals surface area contributed by atoms with E-state index in [1.807, 2.05) is 0 Å². The second kappa shape index (κ2) is 5.68. The van der Waals surface area contributed by atoms with E-state index in [0.29, 0.717) is 0 Å². The lowest BCUT2D eigenvalue weighted by Gasteiger charge is -2.16. The molecule has 0 fully saturated rings. The van der Waals surface area contributed by atoms with Gasteiger partial charge in [-0.05, 0) is 12.1 Å². The number of benzene rings is 1. The van der Waals surface area contributed by atoms with Gasteiger partial charge in [0.2, 0.25) is 5.75 Å². The lowest BCUT2D eigenvalue weighted by molar-refractivity contribution is -0.153. The van der Waals surface area contributed by atoms with Crippen molar-refractivity contribution >= 4 is 5.97 Å². The Labute approximate surface area is 106 Å². The molecule has 0 heterocycles. The first-order valence-corrected chi connectivity index (χ1v) is 4.97. The smallest absolute Gasteiger partial charge is 0.422 e. The van der Waals surface area contributed by atoms with Gasteiger partial charge in [-0.2, -0.15) is 13.2 Å². The van der Waals surface area contributed by atoms with Crippen molar-refractivity contribution in [1.82, 2.24) is 0 Å². The fraction of sp³-hybridized carbons (Fsp3) is 0.364. The van der Waals surface area contributed by atoms with Gasteiger partial charge in [0.1, 0.15) is 0 Å². The molecule has 8 heteroatoms. The molecule has 0 atom stereocenters. The second-order valence-corrected chi connectivity index (χ2v) is 3.42. The van der Waals surface area contributed by atoms with Crippen molar-refractivity contribution in [1.29, 1.82) is 0 Å². The summed E-state index contributed by atoms with van der Waals surface area (Å²) in [7, 11) is 2.36. The maximum atomic E-state index is 12.1. The van der Waals surface area contributed by atoms with Crippen LogP contribution in [-0.2, 0) is 0 Å². The van der Waals surface area contributed by atoms with Crippen LogP contribution in [0.2, 0.25) is 0 Å². The van der Waals surface area contributed by atoms with Gasteiger partial charge in [0.25, 0.3) is 0 Å². The molecular weight excluding hydrogens is 269 g/mol. The molecule has 0 aromatic heterocycles. The van der Waals surface area contributed by atoms with Crippen LogP contribution in [0, 0.1) is 0 Å². The number of halogens is 3. The first kappa shape index (κ1) is 14.9. The minimum atomic E-state index is -4.53. The summed E-state index contributed by atoms with van der Waals surface area (Å²) >= 11 is 0. The molecule has 106 valence electrons. The molecule has 1 aromatic rings. The van der Waals surface area contributed by atoms with Crippen LogP contribution < -0.4 is 14.2 Å². The van der Waals surface area contributed by atoms with E-state index in [-0.39, 0.29) is 22.8 Å². The van der Waals surface area contributed by atoms with Gasteiger partial charge in [0, 0.05) is 0 Å². The van der Waals surface area contributed by atoms with Crippen molar-refractivity contribution in [2.75, 3.05) is 20.8 Å². The highest BCUT2D eigenvalue weighted by atomic mass is 19.4. The summed E-state index contributed by atoms with van der Waals surface area (Å²) in [6, 6.07) is 2.10. The Kier molecular flexibility index (Phi) is 4.47. The zero-order valence-electron chi connectivity index (χ0n) is 10.1. The first-order chi connectivity index (χ1) is 8.78. The molecule has 0 radical (unpaired) electrons. The number of carboxylic acids is 1. The summed E-state index contributed by atoms with van der Waals surface area (Å²) in [4.78, 5) is 10.8. The Morgan fingerprint density at radius 1 is 1.21 bits per heavy atom. The Morgan fingerprint density at radius 3 is 2.00 bits per heavy atom. The highest BCUT2D eigenvalue weighted by Crippen LogP contribution is 2.39. The number of methoxy groups -OCH3 is 2. The normalized spacial score (nSPS) is 11.0. The number of aromatic carboxylic acids is 1. The summed E-state index contributed by atoms with van der Waals surface area (Å²) < 4.78 is 50.6. The summed E-state index contributed by atoms with van der Waals surface area (Å²) in [5, 5.41) is 8.84. The van der Waals surface area contributed by atoms with Gasteiger partial charge < -0.3 is 19.3 Å². The van der Waals surface area contributed by atoms with Crippen LogP contribution in [0.15, 0.2) is 12.1 Å². The average Bonchev–Trinajstić information content (AvgIpc) is 2.33. The molecule has 0 saturated heterocycles. The second-order valence-electron chi connectivity index (χ2n) is 3.42. The van der Waals surface area contributed by atoms with Crippen molar-refractivity contribution in [3.8, 4) is 17.2 Å². The van der Waals surface area contributed by atoms with Crippen LogP contribution in [0.3, 0.4) is 0 Å². The molecule has 0 aliphatic heterocycles. The number of hydrogen-bond acceptors (Lipinski definition) is 4. The van der Waals surface area contributed by atoms with E-state index in [0.717, 1.165) is 12.1 Å². The number of rotatable bonds is 5. The topological polar surface area (TPSA) is 65.0 Å². The third kappa shape index (κ3) is 3.94. The third-order valence-corrected chi connectivity index (χ3v) is 2.09. The van der Waals surface area contributed by atoms with Gasteiger partial charge in [0.15, 0.2) is 18.1 Å². The monoisotopic (exact) mass is 280 g/mol. The zero-order valence-corrected chi connectivity index (χ0v) is 10.1. The largest absolute Gasteiger partial charge is 0.493 e. The minimum Gasteiger partial charge on any atom is -0.493 e. The van der Waals surface area contributed by atoms with Crippen LogP contribution in [-0.4, -0.2) is 38.1 Å². The lowest BCUT2D eigenvalue weighted by atomic mass is 10.2. The van der Waals surface area contributed by atoms with Crippen molar-refractivity contribution in [2.24, 2.45) is 0 Å². The van der Waals surface area contributed by atoms with Crippen molar-refractivity contribution in [3.05, 3.63) is 17.7 Å². The van der Waals surface area contributed by atoms with Crippen LogP contribution >= 0.6 is 0 Å². The molecule has 0 aliphatic carbocycles.